The molecular weight excluding hydrogens is 391 g/mol. The van der Waals surface area contributed by atoms with Gasteiger partial charge in [-0.1, -0.05) is 6.07 Å². The number of ether oxygens (including phenoxy) is 1. The lowest BCUT2D eigenvalue weighted by Crippen LogP contribution is -2.27. The van der Waals surface area contributed by atoms with Crippen molar-refractivity contribution >= 4 is 16.8 Å². The lowest BCUT2D eigenvalue weighted by molar-refractivity contribution is -0.139. The summed E-state index contributed by atoms with van der Waals surface area (Å²) in [6.07, 6.45) is -0.683. The quantitative estimate of drug-likeness (QED) is 0.590. The van der Waals surface area contributed by atoms with Crippen LogP contribution in [0.3, 0.4) is 0 Å². The molecular formula is C18H18F3N5O3. The van der Waals surface area contributed by atoms with Crippen molar-refractivity contribution in [3.63, 3.8) is 0 Å². The molecule has 2 N–H and O–H groups in total. The van der Waals surface area contributed by atoms with Gasteiger partial charge in [0.05, 0.1) is 37.1 Å². The van der Waals surface area contributed by atoms with Gasteiger partial charge in [0.2, 0.25) is 5.88 Å². The van der Waals surface area contributed by atoms with Gasteiger partial charge in [-0.05, 0) is 11.6 Å². The standard InChI is InChI=1S/C18H18F3N5O3/c19-18(20,21)4-8-29-15-2-1-12(9-24-15)10-26-11-13-14(25-26)3-5-22-16(13)17(28)23-6-7-27/h1-3,5,9,11,27H,4,6-8,10H2,(H,23,28). The van der Waals surface area contributed by atoms with Crippen molar-refractivity contribution < 1.29 is 27.8 Å². The first kappa shape index (κ1) is 20.5. The highest BCUT2D eigenvalue weighted by Gasteiger charge is 2.26. The molecule has 11 heteroatoms. The second-order valence-corrected chi connectivity index (χ2v) is 6.12. The van der Waals surface area contributed by atoms with Crippen molar-refractivity contribution in [3.05, 3.63) is 48.0 Å². The van der Waals surface area contributed by atoms with E-state index in [0.29, 0.717) is 17.4 Å². The van der Waals surface area contributed by atoms with Gasteiger partial charge in [0, 0.05) is 31.2 Å². The summed E-state index contributed by atoms with van der Waals surface area (Å²) in [5, 5.41) is 16.3. The topological polar surface area (TPSA) is 102 Å². The first-order valence-electron chi connectivity index (χ1n) is 8.71. The molecule has 1 amide bonds. The molecule has 0 saturated carbocycles. The average molecular weight is 409 g/mol. The second kappa shape index (κ2) is 8.86. The number of nitrogens with one attached hydrogen (secondary N) is 1. The van der Waals surface area contributed by atoms with Crippen molar-refractivity contribution in [2.45, 2.75) is 19.1 Å². The summed E-state index contributed by atoms with van der Waals surface area (Å²) in [5.74, 6) is -0.304. The van der Waals surface area contributed by atoms with Crippen LogP contribution in [0.15, 0.2) is 36.8 Å². The number of pyridine rings is 2. The van der Waals surface area contributed by atoms with E-state index < -0.39 is 25.1 Å². The van der Waals surface area contributed by atoms with E-state index in [2.05, 4.69) is 20.4 Å². The second-order valence-electron chi connectivity index (χ2n) is 6.12. The van der Waals surface area contributed by atoms with E-state index in [1.54, 1.807) is 23.0 Å². The van der Waals surface area contributed by atoms with Crippen molar-refractivity contribution in [2.24, 2.45) is 0 Å². The van der Waals surface area contributed by atoms with E-state index in [1.165, 1.54) is 18.5 Å². The number of rotatable bonds is 8. The summed E-state index contributed by atoms with van der Waals surface area (Å²) in [4.78, 5) is 20.2. The third-order valence-electron chi connectivity index (χ3n) is 3.87. The van der Waals surface area contributed by atoms with Gasteiger partial charge >= 0.3 is 6.18 Å². The molecule has 0 saturated heterocycles. The van der Waals surface area contributed by atoms with Crippen LogP contribution in [0.2, 0.25) is 0 Å². The van der Waals surface area contributed by atoms with Crippen LogP contribution in [-0.2, 0) is 6.54 Å². The molecule has 3 aromatic rings. The Labute approximate surface area is 163 Å². The largest absolute Gasteiger partial charge is 0.477 e. The number of aliphatic hydroxyl groups excluding tert-OH is 1. The maximum absolute atomic E-state index is 12.2. The Kier molecular flexibility index (Phi) is 6.27. The van der Waals surface area contributed by atoms with Crippen LogP contribution in [0.1, 0.15) is 22.5 Å². The SMILES string of the molecule is O=C(NCCO)c1nccc2nn(Cc3ccc(OCCC(F)(F)F)nc3)cc12. The van der Waals surface area contributed by atoms with Gasteiger partial charge in [-0.15, -0.1) is 0 Å². The molecule has 3 rings (SSSR count). The van der Waals surface area contributed by atoms with Gasteiger partial charge in [-0.3, -0.25) is 14.5 Å². The third-order valence-corrected chi connectivity index (χ3v) is 3.87. The molecule has 29 heavy (non-hydrogen) atoms. The van der Waals surface area contributed by atoms with Crippen molar-refractivity contribution in [2.75, 3.05) is 19.8 Å². The molecule has 0 aliphatic heterocycles. The summed E-state index contributed by atoms with van der Waals surface area (Å²) in [6.45, 7) is -0.214. The predicted octanol–water partition coefficient (Wildman–Crippen LogP) is 1.93. The molecule has 0 aromatic carbocycles. The number of amides is 1. The number of fused-ring (bicyclic) bond motifs is 1. The van der Waals surface area contributed by atoms with Crippen LogP contribution in [0.5, 0.6) is 5.88 Å². The van der Waals surface area contributed by atoms with Gasteiger partial charge in [0.1, 0.15) is 5.69 Å². The van der Waals surface area contributed by atoms with Crippen LogP contribution in [0, 0.1) is 0 Å². The first-order chi connectivity index (χ1) is 13.9. The number of alkyl halides is 3. The number of carbonyl (C=O) groups excluding carboxylic acids is 1. The molecule has 0 aliphatic rings. The Bertz CT molecular complexity index is 973. The Morgan fingerprint density at radius 2 is 2.07 bits per heavy atom. The molecule has 0 aliphatic carbocycles. The fourth-order valence-electron chi connectivity index (χ4n) is 2.56. The minimum atomic E-state index is -4.27. The fourth-order valence-corrected chi connectivity index (χ4v) is 2.56. The molecule has 8 nitrogen and oxygen atoms in total. The number of aromatic nitrogens is 4. The smallest absolute Gasteiger partial charge is 0.392 e. The van der Waals surface area contributed by atoms with E-state index in [0.717, 1.165) is 5.56 Å². The maximum Gasteiger partial charge on any atom is 0.392 e. The normalized spacial score (nSPS) is 11.6. The molecule has 0 unspecified atom stereocenters. The Balaban J connectivity index is 1.68. The van der Waals surface area contributed by atoms with Crippen LogP contribution >= 0.6 is 0 Å². The number of hydrogen-bond donors (Lipinski definition) is 2. The summed E-state index contributed by atoms with van der Waals surface area (Å²) >= 11 is 0. The number of hydrogen-bond acceptors (Lipinski definition) is 6. The fraction of sp³-hybridized carbons (Fsp3) is 0.333. The summed E-state index contributed by atoms with van der Waals surface area (Å²) < 4.78 is 43.0. The van der Waals surface area contributed by atoms with Gasteiger partial charge in [0.15, 0.2) is 0 Å². The zero-order valence-corrected chi connectivity index (χ0v) is 15.2. The summed E-state index contributed by atoms with van der Waals surface area (Å²) in [7, 11) is 0. The van der Waals surface area contributed by atoms with Crippen LogP contribution in [0.25, 0.3) is 10.9 Å². The molecule has 0 spiro atoms. The first-order valence-corrected chi connectivity index (χ1v) is 8.71. The number of nitrogens with zero attached hydrogens (tertiary/aromatic N) is 4. The van der Waals surface area contributed by atoms with Crippen LogP contribution in [-0.4, -0.2) is 56.7 Å². The molecule has 0 radical (unpaired) electrons. The number of aliphatic hydroxyl groups is 1. The molecule has 0 fully saturated rings. The van der Waals surface area contributed by atoms with E-state index in [-0.39, 0.29) is 24.7 Å². The molecule has 0 bridgehead atoms. The predicted molar refractivity (Wildman–Crippen MR) is 96.5 cm³/mol. The zero-order chi connectivity index (χ0) is 20.9. The van der Waals surface area contributed by atoms with Crippen molar-refractivity contribution in [1.82, 2.24) is 25.1 Å². The number of halogens is 3. The zero-order valence-electron chi connectivity index (χ0n) is 15.2. The van der Waals surface area contributed by atoms with E-state index in [4.69, 9.17) is 9.84 Å². The highest BCUT2D eigenvalue weighted by molar-refractivity contribution is 6.04. The Hall–Kier alpha value is -3.21. The molecule has 0 atom stereocenters. The Morgan fingerprint density at radius 1 is 1.24 bits per heavy atom. The third kappa shape index (κ3) is 5.64. The average Bonchev–Trinajstić information content (AvgIpc) is 3.09. The van der Waals surface area contributed by atoms with E-state index in [1.807, 2.05) is 0 Å². The lowest BCUT2D eigenvalue weighted by Gasteiger charge is -2.08. The minimum absolute atomic E-state index is 0.107. The molecule has 3 aromatic heterocycles. The van der Waals surface area contributed by atoms with Gasteiger partial charge < -0.3 is 15.2 Å². The monoisotopic (exact) mass is 409 g/mol. The van der Waals surface area contributed by atoms with Crippen LogP contribution < -0.4 is 10.1 Å². The highest BCUT2D eigenvalue weighted by Crippen LogP contribution is 2.20. The van der Waals surface area contributed by atoms with E-state index in [9.17, 15) is 18.0 Å². The summed E-state index contributed by atoms with van der Waals surface area (Å²) in [5.41, 5.74) is 1.53. The van der Waals surface area contributed by atoms with Crippen molar-refractivity contribution in [1.29, 1.82) is 0 Å². The van der Waals surface area contributed by atoms with Crippen LogP contribution in [0.4, 0.5) is 13.2 Å². The number of carbonyl (C=O) groups is 1. The van der Waals surface area contributed by atoms with Gasteiger partial charge in [-0.25, -0.2) is 4.98 Å². The molecule has 154 valence electrons. The minimum Gasteiger partial charge on any atom is -0.477 e. The lowest BCUT2D eigenvalue weighted by atomic mass is 10.2. The maximum atomic E-state index is 12.2. The molecule has 3 heterocycles. The Morgan fingerprint density at radius 3 is 2.76 bits per heavy atom. The van der Waals surface area contributed by atoms with Crippen molar-refractivity contribution in [3.8, 4) is 5.88 Å². The van der Waals surface area contributed by atoms with Gasteiger partial charge in [-0.2, -0.15) is 18.3 Å². The van der Waals surface area contributed by atoms with E-state index >= 15 is 0 Å². The van der Waals surface area contributed by atoms with Gasteiger partial charge in [0.25, 0.3) is 5.91 Å². The summed E-state index contributed by atoms with van der Waals surface area (Å²) in [6, 6.07) is 4.84. The highest BCUT2D eigenvalue weighted by atomic mass is 19.4.